The van der Waals surface area contributed by atoms with E-state index in [-0.39, 0.29) is 29.1 Å². The summed E-state index contributed by atoms with van der Waals surface area (Å²) in [7, 11) is 0. The minimum absolute atomic E-state index is 0.0284. The van der Waals surface area contributed by atoms with Crippen LogP contribution in [0.4, 0.5) is 4.39 Å². The van der Waals surface area contributed by atoms with Crippen molar-refractivity contribution in [2.24, 2.45) is 5.92 Å². The maximum atomic E-state index is 13.5. The monoisotopic (exact) mass is 301 g/mol. The Hall–Kier alpha value is -1.62. The standard InChI is InChI=1S/C14H17ClFNO3/c1-8(2)14(9(3)18)17-12(19)7-20-11-6-4-5-10(15)13(11)16/h4-6,8,14H,7H2,1-3H3,(H,17,19). The van der Waals surface area contributed by atoms with Crippen LogP contribution in [0.5, 0.6) is 5.75 Å². The van der Waals surface area contributed by atoms with E-state index in [1.165, 1.54) is 25.1 Å². The molecule has 1 aromatic rings. The number of hydrogen-bond donors (Lipinski definition) is 1. The number of ketones is 1. The van der Waals surface area contributed by atoms with Crippen molar-refractivity contribution in [3.8, 4) is 5.75 Å². The van der Waals surface area contributed by atoms with Gasteiger partial charge >= 0.3 is 0 Å². The molecule has 0 saturated heterocycles. The highest BCUT2D eigenvalue weighted by Crippen LogP contribution is 2.23. The molecule has 0 aromatic heterocycles. The fourth-order valence-electron chi connectivity index (χ4n) is 1.69. The van der Waals surface area contributed by atoms with Crippen LogP contribution >= 0.6 is 11.6 Å². The Morgan fingerprint density at radius 1 is 1.40 bits per heavy atom. The molecule has 1 rings (SSSR count). The maximum Gasteiger partial charge on any atom is 0.258 e. The molecule has 1 aromatic carbocycles. The quantitative estimate of drug-likeness (QED) is 0.878. The number of benzene rings is 1. The van der Waals surface area contributed by atoms with Gasteiger partial charge in [0, 0.05) is 0 Å². The summed E-state index contributed by atoms with van der Waals surface area (Å²) in [6.07, 6.45) is 0. The first-order valence-corrected chi connectivity index (χ1v) is 6.57. The number of halogens is 2. The van der Waals surface area contributed by atoms with Crippen molar-refractivity contribution >= 4 is 23.3 Å². The first kappa shape index (κ1) is 16.4. The smallest absolute Gasteiger partial charge is 0.258 e. The first-order chi connectivity index (χ1) is 9.32. The predicted molar refractivity (Wildman–Crippen MR) is 74.4 cm³/mol. The highest BCUT2D eigenvalue weighted by Gasteiger charge is 2.21. The number of rotatable bonds is 6. The molecule has 1 unspecified atom stereocenters. The third-order valence-electron chi connectivity index (χ3n) is 2.70. The Morgan fingerprint density at radius 2 is 2.05 bits per heavy atom. The molecule has 0 aliphatic heterocycles. The molecule has 6 heteroatoms. The highest BCUT2D eigenvalue weighted by atomic mass is 35.5. The van der Waals surface area contributed by atoms with E-state index in [0.29, 0.717) is 0 Å². The molecule has 0 bridgehead atoms. The van der Waals surface area contributed by atoms with E-state index in [4.69, 9.17) is 16.3 Å². The number of carbonyl (C=O) groups excluding carboxylic acids is 2. The van der Waals surface area contributed by atoms with Crippen LogP contribution in [-0.4, -0.2) is 24.3 Å². The fraction of sp³-hybridized carbons (Fsp3) is 0.429. The molecule has 0 radical (unpaired) electrons. The summed E-state index contributed by atoms with van der Waals surface area (Å²) in [4.78, 5) is 23.0. The van der Waals surface area contributed by atoms with Crippen molar-refractivity contribution in [3.63, 3.8) is 0 Å². The zero-order valence-electron chi connectivity index (χ0n) is 11.6. The number of Topliss-reactive ketones (excluding diaryl/α,β-unsaturated/α-hetero) is 1. The summed E-state index contributed by atoms with van der Waals surface area (Å²) in [5.74, 6) is -1.47. The van der Waals surface area contributed by atoms with E-state index in [1.807, 2.05) is 13.8 Å². The van der Waals surface area contributed by atoms with Gasteiger partial charge in [-0.25, -0.2) is 4.39 Å². The number of amides is 1. The normalized spacial score (nSPS) is 12.1. The van der Waals surface area contributed by atoms with Gasteiger partial charge in [-0.15, -0.1) is 0 Å². The van der Waals surface area contributed by atoms with Crippen LogP contribution in [0.3, 0.4) is 0 Å². The lowest BCUT2D eigenvalue weighted by Gasteiger charge is -2.19. The molecule has 0 aliphatic carbocycles. The van der Waals surface area contributed by atoms with Crippen LogP contribution in [0.25, 0.3) is 0 Å². The second kappa shape index (κ2) is 7.24. The summed E-state index contributed by atoms with van der Waals surface area (Å²) in [6.45, 7) is 4.67. The van der Waals surface area contributed by atoms with Gasteiger partial charge in [0.1, 0.15) is 0 Å². The molecule has 0 aliphatic rings. The lowest BCUT2D eigenvalue weighted by atomic mass is 10.0. The van der Waals surface area contributed by atoms with Crippen LogP contribution in [0.1, 0.15) is 20.8 Å². The van der Waals surface area contributed by atoms with Crippen molar-refractivity contribution in [2.45, 2.75) is 26.8 Å². The molecule has 4 nitrogen and oxygen atoms in total. The van der Waals surface area contributed by atoms with Crippen LogP contribution in [0, 0.1) is 11.7 Å². The molecule has 0 fully saturated rings. The number of nitrogens with one attached hydrogen (secondary N) is 1. The van der Waals surface area contributed by atoms with Crippen molar-refractivity contribution in [3.05, 3.63) is 29.0 Å². The van der Waals surface area contributed by atoms with Gasteiger partial charge in [-0.05, 0) is 25.0 Å². The molecule has 0 saturated carbocycles. The Bertz CT molecular complexity index is 505. The Balaban J connectivity index is 2.59. The third kappa shape index (κ3) is 4.49. The van der Waals surface area contributed by atoms with Crippen LogP contribution < -0.4 is 10.1 Å². The molecular formula is C14H17ClFNO3. The molecular weight excluding hydrogens is 285 g/mol. The molecule has 0 heterocycles. The Kier molecular flexibility index (Phi) is 5.95. The largest absolute Gasteiger partial charge is 0.481 e. The second-order valence-corrected chi connectivity index (χ2v) is 5.15. The molecule has 1 amide bonds. The van der Waals surface area contributed by atoms with Gasteiger partial charge in [-0.1, -0.05) is 31.5 Å². The van der Waals surface area contributed by atoms with Crippen LogP contribution in [0.2, 0.25) is 5.02 Å². The number of hydrogen-bond acceptors (Lipinski definition) is 3. The summed E-state index contributed by atoms with van der Waals surface area (Å²) >= 11 is 5.60. The Labute approximate surface area is 122 Å². The minimum atomic E-state index is -0.714. The van der Waals surface area contributed by atoms with E-state index in [1.54, 1.807) is 0 Å². The lowest BCUT2D eigenvalue weighted by Crippen LogP contribution is -2.45. The summed E-state index contributed by atoms with van der Waals surface area (Å²) < 4.78 is 18.6. The average molecular weight is 302 g/mol. The zero-order valence-corrected chi connectivity index (χ0v) is 12.3. The number of ether oxygens (including phenoxy) is 1. The Morgan fingerprint density at radius 3 is 2.60 bits per heavy atom. The van der Waals surface area contributed by atoms with Crippen molar-refractivity contribution in [1.29, 1.82) is 0 Å². The van der Waals surface area contributed by atoms with E-state index in [9.17, 15) is 14.0 Å². The van der Waals surface area contributed by atoms with Gasteiger partial charge in [0.2, 0.25) is 0 Å². The number of carbonyl (C=O) groups is 2. The molecule has 1 atom stereocenters. The van der Waals surface area contributed by atoms with Crippen molar-refractivity contribution < 1.29 is 18.7 Å². The lowest BCUT2D eigenvalue weighted by molar-refractivity contribution is -0.129. The summed E-state index contributed by atoms with van der Waals surface area (Å²) in [6, 6.07) is 3.70. The van der Waals surface area contributed by atoms with Gasteiger partial charge in [-0.2, -0.15) is 0 Å². The topological polar surface area (TPSA) is 55.4 Å². The zero-order chi connectivity index (χ0) is 15.3. The van der Waals surface area contributed by atoms with Gasteiger partial charge < -0.3 is 10.1 Å². The molecule has 0 spiro atoms. The SMILES string of the molecule is CC(=O)C(NC(=O)COc1cccc(Cl)c1F)C(C)C. The summed E-state index contributed by atoms with van der Waals surface area (Å²) in [5, 5.41) is 2.47. The molecule has 110 valence electrons. The van der Waals surface area contributed by atoms with Gasteiger partial charge in [0.25, 0.3) is 5.91 Å². The fourth-order valence-corrected chi connectivity index (χ4v) is 1.86. The van der Waals surface area contributed by atoms with Crippen LogP contribution in [0.15, 0.2) is 18.2 Å². The van der Waals surface area contributed by atoms with E-state index >= 15 is 0 Å². The van der Waals surface area contributed by atoms with Gasteiger partial charge in [0.05, 0.1) is 11.1 Å². The second-order valence-electron chi connectivity index (χ2n) is 4.74. The van der Waals surface area contributed by atoms with E-state index in [2.05, 4.69) is 5.32 Å². The van der Waals surface area contributed by atoms with Crippen molar-refractivity contribution in [1.82, 2.24) is 5.32 Å². The summed E-state index contributed by atoms with van der Waals surface area (Å²) in [5.41, 5.74) is 0. The van der Waals surface area contributed by atoms with E-state index < -0.39 is 17.8 Å². The molecule has 1 N–H and O–H groups in total. The minimum Gasteiger partial charge on any atom is -0.481 e. The average Bonchev–Trinajstić information content (AvgIpc) is 2.37. The third-order valence-corrected chi connectivity index (χ3v) is 2.99. The van der Waals surface area contributed by atoms with Gasteiger partial charge in [-0.3, -0.25) is 9.59 Å². The van der Waals surface area contributed by atoms with Gasteiger partial charge in [0.15, 0.2) is 24.0 Å². The predicted octanol–water partition coefficient (Wildman–Crippen LogP) is 2.59. The highest BCUT2D eigenvalue weighted by molar-refractivity contribution is 6.30. The molecule has 20 heavy (non-hydrogen) atoms. The maximum absolute atomic E-state index is 13.5. The van der Waals surface area contributed by atoms with Crippen LogP contribution in [-0.2, 0) is 9.59 Å². The first-order valence-electron chi connectivity index (χ1n) is 6.19. The van der Waals surface area contributed by atoms with E-state index in [0.717, 1.165) is 0 Å². The van der Waals surface area contributed by atoms with Crippen molar-refractivity contribution in [2.75, 3.05) is 6.61 Å².